The molecule has 0 atom stereocenters. The highest BCUT2D eigenvalue weighted by atomic mass is 79.9. The van der Waals surface area contributed by atoms with Crippen molar-refractivity contribution in [2.24, 2.45) is 0 Å². The molecule has 0 aliphatic carbocycles. The van der Waals surface area contributed by atoms with E-state index in [1.165, 1.54) is 31.4 Å². The van der Waals surface area contributed by atoms with Crippen molar-refractivity contribution in [3.63, 3.8) is 0 Å². The van der Waals surface area contributed by atoms with Crippen molar-refractivity contribution >= 4 is 27.3 Å². The van der Waals surface area contributed by atoms with E-state index in [0.29, 0.717) is 0 Å². The molecular weight excluding hydrogens is 276 g/mol. The second-order valence-electron chi connectivity index (χ2n) is 4.40. The minimum absolute atomic E-state index is 0.875. The highest BCUT2D eigenvalue weighted by Gasteiger charge is 2.09. The van der Waals surface area contributed by atoms with Gasteiger partial charge in [0.25, 0.3) is 0 Å². The second-order valence-corrected chi connectivity index (χ2v) is 5.31. The Kier molecular flexibility index (Phi) is 6.41. The van der Waals surface area contributed by atoms with Gasteiger partial charge in [0.05, 0.1) is 11.4 Å². The topological polar surface area (TPSA) is 29.3 Å². The van der Waals surface area contributed by atoms with Crippen molar-refractivity contribution in [1.82, 2.24) is 0 Å². The van der Waals surface area contributed by atoms with E-state index in [-0.39, 0.29) is 0 Å². The van der Waals surface area contributed by atoms with Crippen molar-refractivity contribution in [3.05, 3.63) is 22.7 Å². The molecule has 2 nitrogen and oxygen atoms in total. The van der Waals surface area contributed by atoms with Crippen LogP contribution in [0.4, 0.5) is 11.4 Å². The minimum Gasteiger partial charge on any atom is -0.397 e. The molecule has 0 heterocycles. The minimum atomic E-state index is 0.875. The normalized spacial score (nSPS) is 10.5. The predicted octanol–water partition coefficient (Wildman–Crippen LogP) is 4.44. The lowest BCUT2D eigenvalue weighted by Crippen LogP contribution is -2.26. The number of rotatable bonds is 7. The quantitative estimate of drug-likeness (QED) is 0.754. The lowest BCUT2D eigenvalue weighted by Gasteiger charge is -2.26. The predicted molar refractivity (Wildman–Crippen MR) is 80.6 cm³/mol. The number of nitrogens with two attached hydrogens (primary N) is 1. The molecule has 0 saturated carbocycles. The third-order valence-electron chi connectivity index (χ3n) is 2.90. The molecule has 3 heteroatoms. The first-order chi connectivity index (χ1) is 8.19. The number of unbranched alkanes of at least 4 members (excludes halogenated alkanes) is 2. The molecule has 96 valence electrons. The Balaban J connectivity index is 2.82. The molecule has 0 radical (unpaired) electrons. The third-order valence-corrected chi connectivity index (χ3v) is 3.39. The summed E-state index contributed by atoms with van der Waals surface area (Å²) in [6.45, 7) is 6.64. The molecule has 0 bridgehead atoms. The van der Waals surface area contributed by atoms with E-state index in [4.69, 9.17) is 5.73 Å². The zero-order valence-corrected chi connectivity index (χ0v) is 12.5. The average Bonchev–Trinajstić information content (AvgIpc) is 2.33. The van der Waals surface area contributed by atoms with E-state index in [2.05, 4.69) is 40.7 Å². The lowest BCUT2D eigenvalue weighted by molar-refractivity contribution is 0.678. The van der Waals surface area contributed by atoms with Gasteiger partial charge in [0.2, 0.25) is 0 Å². The van der Waals surface area contributed by atoms with E-state index in [1.54, 1.807) is 0 Å². The van der Waals surface area contributed by atoms with Crippen LogP contribution in [0.15, 0.2) is 22.7 Å². The summed E-state index contributed by atoms with van der Waals surface area (Å²) in [4.78, 5) is 2.41. The van der Waals surface area contributed by atoms with E-state index in [1.807, 2.05) is 12.1 Å². The van der Waals surface area contributed by atoms with Crippen LogP contribution >= 0.6 is 15.9 Å². The van der Waals surface area contributed by atoms with Gasteiger partial charge in [-0.25, -0.2) is 0 Å². The molecule has 1 aromatic carbocycles. The largest absolute Gasteiger partial charge is 0.397 e. The van der Waals surface area contributed by atoms with Crippen molar-refractivity contribution in [2.45, 2.75) is 39.5 Å². The first kappa shape index (κ1) is 14.4. The van der Waals surface area contributed by atoms with Gasteiger partial charge < -0.3 is 10.6 Å². The summed E-state index contributed by atoms with van der Waals surface area (Å²) in [6, 6.07) is 6.10. The smallest absolute Gasteiger partial charge is 0.0611 e. The van der Waals surface area contributed by atoms with Gasteiger partial charge in [-0.2, -0.15) is 0 Å². The number of hydrogen-bond donors (Lipinski definition) is 1. The van der Waals surface area contributed by atoms with Gasteiger partial charge in [-0.05, 0) is 31.0 Å². The fourth-order valence-electron chi connectivity index (χ4n) is 1.84. The standard InChI is InChI=1S/C14H23BrN2/c1-3-5-9-17(10-6-4-2)14-11-12(15)7-8-13(14)16/h7-8,11H,3-6,9-10,16H2,1-2H3. The van der Waals surface area contributed by atoms with Crippen LogP contribution in [0.1, 0.15) is 39.5 Å². The zero-order chi connectivity index (χ0) is 12.7. The summed E-state index contributed by atoms with van der Waals surface area (Å²) in [6.07, 6.45) is 4.87. The summed E-state index contributed by atoms with van der Waals surface area (Å²) in [5.74, 6) is 0. The fraction of sp³-hybridized carbons (Fsp3) is 0.571. The third kappa shape index (κ3) is 4.58. The number of nitrogens with zero attached hydrogens (tertiary/aromatic N) is 1. The van der Waals surface area contributed by atoms with Gasteiger partial charge in [-0.15, -0.1) is 0 Å². The molecule has 0 aliphatic heterocycles. The van der Waals surface area contributed by atoms with Gasteiger partial charge >= 0.3 is 0 Å². The summed E-state index contributed by atoms with van der Waals surface area (Å²) in [7, 11) is 0. The molecule has 0 aromatic heterocycles. The molecule has 0 amide bonds. The number of hydrogen-bond acceptors (Lipinski definition) is 2. The summed E-state index contributed by atoms with van der Waals surface area (Å²) in [5, 5.41) is 0. The van der Waals surface area contributed by atoms with E-state index in [0.717, 1.165) is 23.2 Å². The highest BCUT2D eigenvalue weighted by Crippen LogP contribution is 2.27. The molecule has 1 rings (SSSR count). The van der Waals surface area contributed by atoms with Crippen LogP contribution < -0.4 is 10.6 Å². The molecule has 0 fully saturated rings. The second kappa shape index (κ2) is 7.59. The molecule has 0 spiro atoms. The van der Waals surface area contributed by atoms with E-state index in [9.17, 15) is 0 Å². The molecule has 0 unspecified atom stereocenters. The Labute approximate surface area is 113 Å². The maximum absolute atomic E-state index is 6.07. The zero-order valence-electron chi connectivity index (χ0n) is 10.9. The average molecular weight is 299 g/mol. The first-order valence-electron chi connectivity index (χ1n) is 6.49. The van der Waals surface area contributed by atoms with E-state index >= 15 is 0 Å². The van der Waals surface area contributed by atoms with Crippen LogP contribution in [0.25, 0.3) is 0 Å². The van der Waals surface area contributed by atoms with Crippen LogP contribution in [-0.2, 0) is 0 Å². The van der Waals surface area contributed by atoms with Crippen molar-refractivity contribution in [2.75, 3.05) is 23.7 Å². The van der Waals surface area contributed by atoms with Crippen LogP contribution in [0.2, 0.25) is 0 Å². The SMILES string of the molecule is CCCCN(CCCC)c1cc(Br)ccc1N. The van der Waals surface area contributed by atoms with Crippen LogP contribution in [-0.4, -0.2) is 13.1 Å². The highest BCUT2D eigenvalue weighted by molar-refractivity contribution is 9.10. The van der Waals surface area contributed by atoms with Gasteiger partial charge in [0.15, 0.2) is 0 Å². The number of nitrogen functional groups attached to an aromatic ring is 1. The summed E-state index contributed by atoms with van der Waals surface area (Å²) < 4.78 is 1.10. The van der Waals surface area contributed by atoms with E-state index < -0.39 is 0 Å². The first-order valence-corrected chi connectivity index (χ1v) is 7.28. The van der Waals surface area contributed by atoms with Crippen LogP contribution in [0, 0.1) is 0 Å². The van der Waals surface area contributed by atoms with Crippen molar-refractivity contribution < 1.29 is 0 Å². The molecule has 1 aromatic rings. The van der Waals surface area contributed by atoms with Crippen LogP contribution in [0.3, 0.4) is 0 Å². The molecular formula is C14H23BrN2. The molecule has 17 heavy (non-hydrogen) atoms. The van der Waals surface area contributed by atoms with Gasteiger partial charge in [0.1, 0.15) is 0 Å². The summed E-state index contributed by atoms with van der Waals surface area (Å²) in [5.41, 5.74) is 8.11. The Hall–Kier alpha value is -0.700. The maximum atomic E-state index is 6.07. The molecule has 0 saturated heterocycles. The Bertz CT molecular complexity index is 331. The van der Waals surface area contributed by atoms with Gasteiger partial charge in [0, 0.05) is 17.6 Å². The lowest BCUT2D eigenvalue weighted by atomic mass is 10.2. The molecule has 0 aliphatic rings. The monoisotopic (exact) mass is 298 g/mol. The summed E-state index contributed by atoms with van der Waals surface area (Å²) >= 11 is 3.52. The van der Waals surface area contributed by atoms with Crippen molar-refractivity contribution in [3.8, 4) is 0 Å². The van der Waals surface area contributed by atoms with Gasteiger partial charge in [-0.1, -0.05) is 42.6 Å². The Morgan fingerprint density at radius 1 is 1.12 bits per heavy atom. The van der Waals surface area contributed by atoms with Gasteiger partial charge in [-0.3, -0.25) is 0 Å². The maximum Gasteiger partial charge on any atom is 0.0611 e. The van der Waals surface area contributed by atoms with Crippen molar-refractivity contribution in [1.29, 1.82) is 0 Å². The fourth-order valence-corrected chi connectivity index (χ4v) is 2.19. The number of anilines is 2. The Morgan fingerprint density at radius 3 is 2.24 bits per heavy atom. The number of halogens is 1. The Morgan fingerprint density at radius 2 is 1.71 bits per heavy atom. The number of benzene rings is 1. The molecule has 2 N–H and O–H groups in total. The van der Waals surface area contributed by atoms with Crippen LogP contribution in [0.5, 0.6) is 0 Å².